The fourth-order valence-corrected chi connectivity index (χ4v) is 2.67. The molecule has 20 heavy (non-hydrogen) atoms. The molecular weight excluding hydrogens is 276 g/mol. The van der Waals surface area contributed by atoms with Gasteiger partial charge in [0.05, 0.1) is 16.3 Å². The molecule has 0 atom stereocenters. The van der Waals surface area contributed by atoms with Crippen LogP contribution in [0.5, 0.6) is 5.75 Å². The highest BCUT2D eigenvalue weighted by Gasteiger charge is 2.11. The molecule has 0 bridgehead atoms. The zero-order valence-electron chi connectivity index (χ0n) is 11.1. The highest BCUT2D eigenvalue weighted by atomic mass is 32.1. The van der Waals surface area contributed by atoms with E-state index in [1.165, 1.54) is 6.07 Å². The van der Waals surface area contributed by atoms with Gasteiger partial charge in [0.2, 0.25) is 0 Å². The summed E-state index contributed by atoms with van der Waals surface area (Å²) in [5.74, 6) is -0.767. The summed E-state index contributed by atoms with van der Waals surface area (Å²) >= 11 is 1.57. The number of aryl methyl sites for hydroxylation is 1. The molecular formula is C14H16N2O3S. The Balaban J connectivity index is 2.19. The first kappa shape index (κ1) is 14.5. The van der Waals surface area contributed by atoms with Gasteiger partial charge in [-0.1, -0.05) is 0 Å². The van der Waals surface area contributed by atoms with E-state index in [0.717, 1.165) is 29.1 Å². The van der Waals surface area contributed by atoms with Gasteiger partial charge in [0.15, 0.2) is 0 Å². The molecule has 106 valence electrons. The summed E-state index contributed by atoms with van der Waals surface area (Å²) < 4.78 is 5.01. The minimum absolute atomic E-state index is 0.108. The number of benzene rings is 1. The van der Waals surface area contributed by atoms with Crippen LogP contribution in [0.4, 0.5) is 0 Å². The van der Waals surface area contributed by atoms with Gasteiger partial charge in [0, 0.05) is 31.1 Å². The third-order valence-corrected chi connectivity index (χ3v) is 3.76. The molecule has 2 aromatic rings. The van der Waals surface area contributed by atoms with E-state index in [0.29, 0.717) is 6.61 Å². The summed E-state index contributed by atoms with van der Waals surface area (Å²) in [4.78, 5) is 15.7. The van der Waals surface area contributed by atoms with Gasteiger partial charge in [-0.15, -0.1) is 11.3 Å². The number of thiazole rings is 1. The van der Waals surface area contributed by atoms with Gasteiger partial charge in [-0.2, -0.15) is 0 Å². The summed E-state index contributed by atoms with van der Waals surface area (Å²) in [6.07, 6.45) is 1.78. The molecule has 0 spiro atoms. The zero-order valence-corrected chi connectivity index (χ0v) is 11.9. The maximum atomic E-state index is 11.2. The Morgan fingerprint density at radius 3 is 3.00 bits per heavy atom. The van der Waals surface area contributed by atoms with Crippen molar-refractivity contribution in [2.45, 2.75) is 12.8 Å². The van der Waals surface area contributed by atoms with E-state index < -0.39 is 5.91 Å². The number of nitrogens with zero attached hydrogens (tertiary/aromatic N) is 1. The minimum Gasteiger partial charge on any atom is -0.507 e. The van der Waals surface area contributed by atoms with E-state index in [1.54, 1.807) is 30.6 Å². The van der Waals surface area contributed by atoms with Crippen molar-refractivity contribution in [2.75, 3.05) is 13.7 Å². The summed E-state index contributed by atoms with van der Waals surface area (Å²) in [5, 5.41) is 12.5. The summed E-state index contributed by atoms with van der Waals surface area (Å²) in [6, 6.07) is 4.74. The lowest BCUT2D eigenvalue weighted by Gasteiger charge is -2.03. The Bertz CT molecular complexity index is 610. The van der Waals surface area contributed by atoms with Crippen LogP contribution in [-0.4, -0.2) is 29.7 Å². The van der Waals surface area contributed by atoms with E-state index in [4.69, 9.17) is 10.5 Å². The normalized spacial score (nSPS) is 10.7. The first-order chi connectivity index (χ1) is 9.61. The van der Waals surface area contributed by atoms with Crippen molar-refractivity contribution in [1.82, 2.24) is 4.98 Å². The van der Waals surface area contributed by atoms with Crippen molar-refractivity contribution in [3.05, 3.63) is 34.2 Å². The monoisotopic (exact) mass is 292 g/mol. The fraction of sp³-hybridized carbons (Fsp3) is 0.286. The maximum absolute atomic E-state index is 11.2. The Morgan fingerprint density at radius 2 is 2.30 bits per heavy atom. The number of amides is 1. The summed E-state index contributed by atoms with van der Waals surface area (Å²) in [5.41, 5.74) is 6.88. The first-order valence-electron chi connectivity index (χ1n) is 6.18. The van der Waals surface area contributed by atoms with Gasteiger partial charge in [-0.25, -0.2) is 4.98 Å². The lowest BCUT2D eigenvalue weighted by molar-refractivity contribution is 0.0998. The van der Waals surface area contributed by atoms with Crippen LogP contribution in [0.2, 0.25) is 0 Å². The van der Waals surface area contributed by atoms with Gasteiger partial charge in [-0.3, -0.25) is 4.79 Å². The van der Waals surface area contributed by atoms with Crippen molar-refractivity contribution in [3.63, 3.8) is 0 Å². The topological polar surface area (TPSA) is 85.4 Å². The Labute approximate surface area is 121 Å². The number of hydrogen-bond acceptors (Lipinski definition) is 5. The quantitative estimate of drug-likeness (QED) is 0.799. The van der Waals surface area contributed by atoms with Crippen LogP contribution in [0, 0.1) is 0 Å². The van der Waals surface area contributed by atoms with Crippen LogP contribution in [0.15, 0.2) is 23.6 Å². The second-order valence-electron chi connectivity index (χ2n) is 4.32. The summed E-state index contributed by atoms with van der Waals surface area (Å²) in [6.45, 7) is 0.708. The number of nitrogens with two attached hydrogens (primary N) is 1. The van der Waals surface area contributed by atoms with E-state index >= 15 is 0 Å². The molecule has 5 nitrogen and oxygen atoms in total. The average molecular weight is 292 g/mol. The third kappa shape index (κ3) is 3.34. The fourth-order valence-electron chi connectivity index (χ4n) is 1.82. The molecule has 1 aromatic heterocycles. The molecule has 0 saturated carbocycles. The van der Waals surface area contributed by atoms with Gasteiger partial charge in [-0.05, 0) is 24.6 Å². The molecule has 0 aliphatic carbocycles. The van der Waals surface area contributed by atoms with Gasteiger partial charge >= 0.3 is 0 Å². The smallest absolute Gasteiger partial charge is 0.252 e. The standard InChI is InChI=1S/C14H16N2O3S/c1-19-6-2-3-13-16-11(8-20-13)9-4-5-12(17)10(7-9)14(15)18/h4-5,7-8,17H,2-3,6H2,1H3,(H2,15,18). The van der Waals surface area contributed by atoms with Crippen molar-refractivity contribution in [1.29, 1.82) is 0 Å². The number of carbonyl (C=O) groups excluding carboxylic acids is 1. The zero-order chi connectivity index (χ0) is 14.5. The number of carbonyl (C=O) groups is 1. The second kappa shape index (κ2) is 6.49. The molecule has 3 N–H and O–H groups in total. The van der Waals surface area contributed by atoms with Crippen molar-refractivity contribution >= 4 is 17.2 Å². The van der Waals surface area contributed by atoms with Crippen LogP contribution in [-0.2, 0) is 11.2 Å². The second-order valence-corrected chi connectivity index (χ2v) is 5.26. The van der Waals surface area contributed by atoms with Crippen molar-refractivity contribution in [3.8, 4) is 17.0 Å². The van der Waals surface area contributed by atoms with Crippen LogP contribution in [0.3, 0.4) is 0 Å². The van der Waals surface area contributed by atoms with E-state index in [1.807, 2.05) is 5.38 Å². The lowest BCUT2D eigenvalue weighted by atomic mass is 10.1. The number of ether oxygens (including phenoxy) is 1. The number of phenols is 1. The lowest BCUT2D eigenvalue weighted by Crippen LogP contribution is -2.11. The van der Waals surface area contributed by atoms with Crippen LogP contribution < -0.4 is 5.73 Å². The predicted octanol–water partition coefficient (Wildman–Crippen LogP) is 2.19. The summed E-state index contributed by atoms with van der Waals surface area (Å²) in [7, 11) is 1.68. The third-order valence-electron chi connectivity index (χ3n) is 2.85. The van der Waals surface area contributed by atoms with Gasteiger partial charge in [0.25, 0.3) is 5.91 Å². The van der Waals surface area contributed by atoms with Crippen LogP contribution in [0.1, 0.15) is 21.8 Å². The predicted molar refractivity (Wildman–Crippen MR) is 77.9 cm³/mol. The molecule has 0 aliphatic rings. The largest absolute Gasteiger partial charge is 0.507 e. The number of aromatic nitrogens is 1. The SMILES string of the molecule is COCCCc1nc(-c2ccc(O)c(C(N)=O)c2)cs1. The number of methoxy groups -OCH3 is 1. The van der Waals surface area contributed by atoms with E-state index in [-0.39, 0.29) is 11.3 Å². The highest BCUT2D eigenvalue weighted by molar-refractivity contribution is 7.09. The molecule has 0 radical (unpaired) electrons. The maximum Gasteiger partial charge on any atom is 0.252 e. The molecule has 0 aliphatic heterocycles. The van der Waals surface area contributed by atoms with Gasteiger partial charge < -0.3 is 15.6 Å². The van der Waals surface area contributed by atoms with Crippen molar-refractivity contribution in [2.24, 2.45) is 5.73 Å². The number of hydrogen-bond donors (Lipinski definition) is 2. The molecule has 6 heteroatoms. The number of rotatable bonds is 6. The highest BCUT2D eigenvalue weighted by Crippen LogP contribution is 2.27. The Hall–Kier alpha value is -1.92. The number of aromatic hydroxyl groups is 1. The van der Waals surface area contributed by atoms with E-state index in [9.17, 15) is 9.90 Å². The molecule has 1 amide bonds. The van der Waals surface area contributed by atoms with Crippen LogP contribution in [0.25, 0.3) is 11.3 Å². The minimum atomic E-state index is -0.653. The molecule has 2 rings (SSSR count). The first-order valence-corrected chi connectivity index (χ1v) is 7.06. The Kier molecular flexibility index (Phi) is 4.70. The molecule has 0 fully saturated rings. The molecule has 1 aromatic carbocycles. The Morgan fingerprint density at radius 1 is 1.50 bits per heavy atom. The molecule has 0 saturated heterocycles. The average Bonchev–Trinajstić information content (AvgIpc) is 2.88. The van der Waals surface area contributed by atoms with E-state index in [2.05, 4.69) is 4.98 Å². The van der Waals surface area contributed by atoms with Gasteiger partial charge in [0.1, 0.15) is 5.75 Å². The van der Waals surface area contributed by atoms with Crippen LogP contribution >= 0.6 is 11.3 Å². The number of primary amides is 1. The molecule has 0 unspecified atom stereocenters. The van der Waals surface area contributed by atoms with Crippen molar-refractivity contribution < 1.29 is 14.6 Å². The molecule has 1 heterocycles.